The first-order chi connectivity index (χ1) is 11.2. The number of hydrogen-bond acceptors (Lipinski definition) is 8. The molecule has 2 heterocycles. The monoisotopic (exact) mass is 333 g/mol. The zero-order valence-electron chi connectivity index (χ0n) is 11.9. The Labute approximate surface area is 135 Å². The van der Waals surface area contributed by atoms with E-state index in [1.165, 1.54) is 13.3 Å². The van der Waals surface area contributed by atoms with Crippen molar-refractivity contribution in [1.82, 2.24) is 5.32 Å². The molecule has 3 rings (SSSR count). The van der Waals surface area contributed by atoms with Gasteiger partial charge in [0.1, 0.15) is 0 Å². The number of carbonyl (C=O) groups is 2. The van der Waals surface area contributed by atoms with Gasteiger partial charge in [0, 0.05) is 6.08 Å². The Morgan fingerprint density at radius 2 is 2.22 bits per heavy atom. The number of methoxy groups -OCH3 is 1. The molecular formula is C14H11N3O5S. The lowest BCUT2D eigenvalue weighted by molar-refractivity contribution is -0.135. The Kier molecular flexibility index (Phi) is 4.29. The van der Waals surface area contributed by atoms with Crippen molar-refractivity contribution in [3.05, 3.63) is 34.7 Å². The highest BCUT2D eigenvalue weighted by Gasteiger charge is 2.25. The third kappa shape index (κ3) is 3.51. The van der Waals surface area contributed by atoms with Crippen molar-refractivity contribution >= 4 is 35.0 Å². The molecule has 8 nitrogen and oxygen atoms in total. The molecule has 1 aromatic carbocycles. The molecule has 118 valence electrons. The molecule has 0 unspecified atom stereocenters. The van der Waals surface area contributed by atoms with Gasteiger partial charge in [-0.3, -0.25) is 10.1 Å². The van der Waals surface area contributed by atoms with Crippen molar-refractivity contribution < 1.29 is 23.8 Å². The van der Waals surface area contributed by atoms with E-state index in [1.54, 1.807) is 18.2 Å². The van der Waals surface area contributed by atoms with Crippen LogP contribution in [0, 0.1) is 0 Å². The Bertz CT molecular complexity index is 757. The number of thioether (sulfide) groups is 1. The van der Waals surface area contributed by atoms with E-state index in [-0.39, 0.29) is 16.9 Å². The molecule has 23 heavy (non-hydrogen) atoms. The quantitative estimate of drug-likeness (QED) is 0.384. The molecule has 0 aliphatic carbocycles. The van der Waals surface area contributed by atoms with Crippen LogP contribution in [0.5, 0.6) is 11.5 Å². The molecule has 1 aromatic rings. The van der Waals surface area contributed by atoms with Crippen LogP contribution in [0.1, 0.15) is 5.56 Å². The van der Waals surface area contributed by atoms with Gasteiger partial charge in [-0.2, -0.15) is 5.10 Å². The summed E-state index contributed by atoms with van der Waals surface area (Å²) in [5.41, 5.74) is 0.776. The number of amides is 1. The smallest absolute Gasteiger partial charge is 0.331 e. The number of nitrogens with one attached hydrogen (secondary N) is 1. The number of benzene rings is 1. The van der Waals surface area contributed by atoms with Gasteiger partial charge in [0.2, 0.25) is 6.79 Å². The molecule has 9 heteroatoms. The normalized spacial score (nSPS) is 19.6. The average Bonchev–Trinajstić information content (AvgIpc) is 3.14. The summed E-state index contributed by atoms with van der Waals surface area (Å²) in [6.45, 7) is 0.205. The highest BCUT2D eigenvalue weighted by molar-refractivity contribution is 8.18. The van der Waals surface area contributed by atoms with Gasteiger partial charge < -0.3 is 14.2 Å². The van der Waals surface area contributed by atoms with Crippen molar-refractivity contribution in [3.8, 4) is 11.5 Å². The fourth-order valence-electron chi connectivity index (χ4n) is 1.78. The molecule has 0 spiro atoms. The summed E-state index contributed by atoms with van der Waals surface area (Å²) in [5, 5.41) is 10.6. The van der Waals surface area contributed by atoms with Crippen LogP contribution in [0.25, 0.3) is 0 Å². The molecule has 0 bridgehead atoms. The van der Waals surface area contributed by atoms with E-state index in [4.69, 9.17) is 9.47 Å². The summed E-state index contributed by atoms with van der Waals surface area (Å²) in [7, 11) is 1.24. The highest BCUT2D eigenvalue weighted by Crippen LogP contribution is 2.32. The number of ether oxygens (including phenoxy) is 3. The maximum absolute atomic E-state index is 11.6. The number of esters is 1. The minimum atomic E-state index is -0.604. The number of fused-ring (bicyclic) bond motifs is 1. The predicted octanol–water partition coefficient (Wildman–Crippen LogP) is 1.03. The number of amidine groups is 1. The topological polar surface area (TPSA) is 98.6 Å². The second-order valence-electron chi connectivity index (χ2n) is 4.35. The first kappa shape index (κ1) is 15.1. The minimum Gasteiger partial charge on any atom is -0.466 e. The van der Waals surface area contributed by atoms with Crippen LogP contribution in [-0.2, 0) is 14.3 Å². The van der Waals surface area contributed by atoms with Gasteiger partial charge in [-0.25, -0.2) is 4.79 Å². The van der Waals surface area contributed by atoms with Gasteiger partial charge >= 0.3 is 5.97 Å². The second kappa shape index (κ2) is 6.53. The van der Waals surface area contributed by atoms with Crippen molar-refractivity contribution in [2.45, 2.75) is 0 Å². The zero-order valence-corrected chi connectivity index (χ0v) is 12.8. The lowest BCUT2D eigenvalue weighted by atomic mass is 10.2. The number of carbonyl (C=O) groups excluding carboxylic acids is 2. The highest BCUT2D eigenvalue weighted by atomic mass is 32.2. The standard InChI is InChI=1S/C14H11N3O5S/c1-20-12(18)5-11-13(19)16-14(23-11)17-15-6-8-2-3-9-10(4-8)22-7-21-9/h2-6H,7H2,1H3,(H,16,17,19)/b11-5-,15-6-. The van der Waals surface area contributed by atoms with Gasteiger partial charge in [-0.05, 0) is 35.5 Å². The Hall–Kier alpha value is -2.81. The summed E-state index contributed by atoms with van der Waals surface area (Å²) < 4.78 is 14.9. The van der Waals surface area contributed by atoms with Crippen LogP contribution in [0.15, 0.2) is 39.4 Å². The Balaban J connectivity index is 1.67. The first-order valence-electron chi connectivity index (χ1n) is 6.45. The predicted molar refractivity (Wildman–Crippen MR) is 83.4 cm³/mol. The third-order valence-electron chi connectivity index (χ3n) is 2.85. The number of rotatable bonds is 3. The zero-order chi connectivity index (χ0) is 16.2. The average molecular weight is 333 g/mol. The maximum Gasteiger partial charge on any atom is 0.331 e. The Morgan fingerprint density at radius 1 is 1.39 bits per heavy atom. The molecule has 1 fully saturated rings. The lowest BCUT2D eigenvalue weighted by Crippen LogP contribution is -2.19. The van der Waals surface area contributed by atoms with Crippen LogP contribution in [0.4, 0.5) is 0 Å². The molecule has 1 amide bonds. The van der Waals surface area contributed by atoms with Gasteiger partial charge in [0.15, 0.2) is 16.7 Å². The molecule has 0 saturated carbocycles. The van der Waals surface area contributed by atoms with E-state index in [2.05, 4.69) is 20.3 Å². The van der Waals surface area contributed by atoms with Gasteiger partial charge in [0.05, 0.1) is 18.2 Å². The van der Waals surface area contributed by atoms with Crippen LogP contribution in [0.3, 0.4) is 0 Å². The maximum atomic E-state index is 11.6. The fourth-order valence-corrected chi connectivity index (χ4v) is 2.52. The number of nitrogens with zero attached hydrogens (tertiary/aromatic N) is 2. The number of hydrogen-bond donors (Lipinski definition) is 1. The van der Waals surface area contributed by atoms with Crippen molar-refractivity contribution in [2.24, 2.45) is 10.2 Å². The van der Waals surface area contributed by atoms with Crippen LogP contribution in [-0.4, -0.2) is 37.2 Å². The van der Waals surface area contributed by atoms with E-state index in [0.29, 0.717) is 11.5 Å². The Morgan fingerprint density at radius 3 is 3.04 bits per heavy atom. The van der Waals surface area contributed by atoms with E-state index in [1.807, 2.05) is 0 Å². The SMILES string of the molecule is COC(=O)/C=C1\S/C(=N/N=C\c2ccc3c(c2)OCO3)NC1=O. The molecule has 1 saturated heterocycles. The summed E-state index contributed by atoms with van der Waals surface area (Å²) in [6, 6.07) is 5.36. The summed E-state index contributed by atoms with van der Waals surface area (Å²) in [6.07, 6.45) is 2.62. The van der Waals surface area contributed by atoms with Crippen molar-refractivity contribution in [2.75, 3.05) is 13.9 Å². The molecule has 2 aliphatic rings. The summed E-state index contributed by atoms with van der Waals surface area (Å²) >= 11 is 1.01. The molecule has 1 N–H and O–H groups in total. The molecule has 0 atom stereocenters. The van der Waals surface area contributed by atoms with E-state index >= 15 is 0 Å². The summed E-state index contributed by atoms with van der Waals surface area (Å²) in [5.74, 6) is 0.309. The van der Waals surface area contributed by atoms with E-state index < -0.39 is 11.9 Å². The molecule has 0 radical (unpaired) electrons. The van der Waals surface area contributed by atoms with E-state index in [0.717, 1.165) is 23.4 Å². The van der Waals surface area contributed by atoms with E-state index in [9.17, 15) is 9.59 Å². The van der Waals surface area contributed by atoms with Gasteiger partial charge in [-0.15, -0.1) is 5.10 Å². The first-order valence-corrected chi connectivity index (χ1v) is 7.27. The molecule has 0 aromatic heterocycles. The largest absolute Gasteiger partial charge is 0.466 e. The fraction of sp³-hybridized carbons (Fsp3) is 0.143. The molecule has 2 aliphatic heterocycles. The van der Waals surface area contributed by atoms with Gasteiger partial charge in [-0.1, -0.05) is 0 Å². The summed E-state index contributed by atoms with van der Waals surface area (Å²) in [4.78, 5) is 23.0. The van der Waals surface area contributed by atoms with Crippen molar-refractivity contribution in [3.63, 3.8) is 0 Å². The minimum absolute atomic E-state index is 0.203. The second-order valence-corrected chi connectivity index (χ2v) is 5.38. The van der Waals surface area contributed by atoms with Gasteiger partial charge in [0.25, 0.3) is 5.91 Å². The molecular weight excluding hydrogens is 322 g/mol. The van der Waals surface area contributed by atoms with Crippen LogP contribution >= 0.6 is 11.8 Å². The van der Waals surface area contributed by atoms with Crippen LogP contribution in [0.2, 0.25) is 0 Å². The van der Waals surface area contributed by atoms with Crippen LogP contribution < -0.4 is 14.8 Å². The third-order valence-corrected chi connectivity index (χ3v) is 3.75. The van der Waals surface area contributed by atoms with Crippen molar-refractivity contribution in [1.29, 1.82) is 0 Å². The lowest BCUT2D eigenvalue weighted by Gasteiger charge is -1.96.